The molecule has 0 atom stereocenters. The summed E-state index contributed by atoms with van der Waals surface area (Å²) in [6.45, 7) is 6.39. The van der Waals surface area contributed by atoms with Crippen LogP contribution in [0.4, 0.5) is 0 Å². The summed E-state index contributed by atoms with van der Waals surface area (Å²) in [5.41, 5.74) is 2.02. The number of halogens is 1. The molecule has 27 heavy (non-hydrogen) atoms. The highest BCUT2D eigenvalue weighted by atomic mass is 35.5. The number of benzene rings is 1. The first-order valence-electron chi connectivity index (χ1n) is 8.35. The minimum Gasteiger partial charge on any atom is -0.496 e. The highest BCUT2D eigenvalue weighted by molar-refractivity contribution is 8.00. The molecular formula is C19H20ClN3O2S2. The molecule has 5 nitrogen and oxygen atoms in total. The number of carbonyl (C=O) groups excluding carboxylic acids is 1. The van der Waals surface area contributed by atoms with Crippen LogP contribution in [-0.2, 0) is 11.3 Å². The molecule has 0 bridgehead atoms. The first-order chi connectivity index (χ1) is 12.9. The monoisotopic (exact) mass is 421 g/mol. The molecule has 3 aromatic rings. The number of nitrogens with one attached hydrogen (secondary N) is 1. The fourth-order valence-electron chi connectivity index (χ4n) is 2.68. The maximum absolute atomic E-state index is 12.3. The molecule has 0 aliphatic rings. The molecule has 1 aromatic carbocycles. The number of ether oxygens (including phenoxy) is 1. The Bertz CT molecular complexity index is 1000. The van der Waals surface area contributed by atoms with Crippen molar-refractivity contribution < 1.29 is 9.53 Å². The van der Waals surface area contributed by atoms with Crippen molar-refractivity contribution in [1.82, 2.24) is 15.3 Å². The Kier molecular flexibility index (Phi) is 6.24. The molecule has 3 rings (SSSR count). The van der Waals surface area contributed by atoms with E-state index >= 15 is 0 Å². The van der Waals surface area contributed by atoms with Gasteiger partial charge in [0.1, 0.15) is 21.4 Å². The van der Waals surface area contributed by atoms with E-state index in [0.29, 0.717) is 17.3 Å². The summed E-state index contributed by atoms with van der Waals surface area (Å²) in [7, 11) is 1.60. The fraction of sp³-hybridized carbons (Fsp3) is 0.316. The van der Waals surface area contributed by atoms with E-state index in [1.165, 1.54) is 22.2 Å². The van der Waals surface area contributed by atoms with E-state index in [4.69, 9.17) is 16.3 Å². The zero-order chi connectivity index (χ0) is 19.6. The van der Waals surface area contributed by atoms with Gasteiger partial charge in [0, 0.05) is 27.4 Å². The van der Waals surface area contributed by atoms with Crippen LogP contribution in [0.2, 0.25) is 5.02 Å². The number of hydrogen-bond donors (Lipinski definition) is 1. The van der Waals surface area contributed by atoms with E-state index in [9.17, 15) is 4.79 Å². The second-order valence-corrected chi connectivity index (χ2v) is 8.66. The zero-order valence-corrected chi connectivity index (χ0v) is 17.9. The topological polar surface area (TPSA) is 64.1 Å². The van der Waals surface area contributed by atoms with E-state index in [2.05, 4.69) is 29.1 Å². The Labute approximate surface area is 171 Å². The number of aryl methyl sites for hydroxylation is 3. The van der Waals surface area contributed by atoms with Crippen LogP contribution in [0.1, 0.15) is 21.8 Å². The smallest absolute Gasteiger partial charge is 0.230 e. The standard InChI is InChI=1S/C19H20ClN3O2S2/c1-10-11(2)27-19-17(10)18(22-12(3)23-19)26-9-16(24)21-8-13-7-14(20)5-6-15(13)25-4/h5-7H,8-9H2,1-4H3,(H,21,24). The molecule has 0 fully saturated rings. The average Bonchev–Trinajstić information content (AvgIpc) is 2.91. The van der Waals surface area contributed by atoms with Gasteiger partial charge in [0.2, 0.25) is 5.91 Å². The van der Waals surface area contributed by atoms with Gasteiger partial charge < -0.3 is 10.1 Å². The summed E-state index contributed by atoms with van der Waals surface area (Å²) in [5.74, 6) is 1.62. The Morgan fingerprint density at radius 3 is 2.81 bits per heavy atom. The predicted octanol–water partition coefficient (Wildman–Crippen LogP) is 4.69. The second kappa shape index (κ2) is 8.46. The van der Waals surface area contributed by atoms with Crippen LogP contribution in [0.5, 0.6) is 5.75 Å². The largest absolute Gasteiger partial charge is 0.496 e. The van der Waals surface area contributed by atoms with Gasteiger partial charge in [-0.1, -0.05) is 23.4 Å². The van der Waals surface area contributed by atoms with Crippen LogP contribution in [0.3, 0.4) is 0 Å². The number of methoxy groups -OCH3 is 1. The Morgan fingerprint density at radius 1 is 1.30 bits per heavy atom. The number of nitrogens with zero attached hydrogens (tertiary/aromatic N) is 2. The van der Waals surface area contributed by atoms with Crippen molar-refractivity contribution in [1.29, 1.82) is 0 Å². The van der Waals surface area contributed by atoms with Gasteiger partial charge in [0.15, 0.2) is 0 Å². The lowest BCUT2D eigenvalue weighted by Crippen LogP contribution is -2.24. The van der Waals surface area contributed by atoms with Crippen molar-refractivity contribution in [3.05, 3.63) is 45.1 Å². The van der Waals surface area contributed by atoms with Crippen LogP contribution < -0.4 is 10.1 Å². The number of fused-ring (bicyclic) bond motifs is 1. The van der Waals surface area contributed by atoms with Crippen LogP contribution in [0.15, 0.2) is 23.2 Å². The van der Waals surface area contributed by atoms with Gasteiger partial charge in [-0.3, -0.25) is 4.79 Å². The summed E-state index contributed by atoms with van der Waals surface area (Å²) < 4.78 is 5.31. The number of thiophene rings is 1. The Balaban J connectivity index is 1.68. The number of carbonyl (C=O) groups is 1. The summed E-state index contributed by atoms with van der Waals surface area (Å²) in [6, 6.07) is 5.35. The van der Waals surface area contributed by atoms with E-state index in [-0.39, 0.29) is 11.7 Å². The minimum atomic E-state index is -0.0731. The summed E-state index contributed by atoms with van der Waals surface area (Å²) in [6.07, 6.45) is 0. The predicted molar refractivity (Wildman–Crippen MR) is 112 cm³/mol. The van der Waals surface area contributed by atoms with Gasteiger partial charge in [-0.2, -0.15) is 0 Å². The highest BCUT2D eigenvalue weighted by Gasteiger charge is 2.15. The number of rotatable bonds is 6. The number of amides is 1. The van der Waals surface area contributed by atoms with Crippen molar-refractivity contribution in [2.45, 2.75) is 32.3 Å². The molecule has 0 saturated carbocycles. The molecule has 1 N–H and O–H groups in total. The van der Waals surface area contributed by atoms with E-state index in [0.717, 1.165) is 26.6 Å². The molecular weight excluding hydrogens is 402 g/mol. The second-order valence-electron chi connectivity index (χ2n) is 6.06. The van der Waals surface area contributed by atoms with Crippen LogP contribution in [0, 0.1) is 20.8 Å². The lowest BCUT2D eigenvalue weighted by atomic mass is 10.2. The molecule has 0 saturated heterocycles. The maximum Gasteiger partial charge on any atom is 0.230 e. The molecule has 0 aliphatic heterocycles. The van der Waals surface area contributed by atoms with Crippen LogP contribution in [-0.4, -0.2) is 28.7 Å². The summed E-state index contributed by atoms with van der Waals surface area (Å²) in [5, 5.41) is 5.43. The van der Waals surface area contributed by atoms with E-state index in [1.54, 1.807) is 36.6 Å². The van der Waals surface area contributed by atoms with Crippen molar-refractivity contribution in [3.8, 4) is 5.75 Å². The molecule has 8 heteroatoms. The third kappa shape index (κ3) is 4.54. The quantitative estimate of drug-likeness (QED) is 0.462. The summed E-state index contributed by atoms with van der Waals surface area (Å²) in [4.78, 5) is 23.6. The van der Waals surface area contributed by atoms with E-state index in [1.807, 2.05) is 6.92 Å². The molecule has 142 valence electrons. The first kappa shape index (κ1) is 19.9. The molecule has 0 unspecified atom stereocenters. The Hall–Kier alpha value is -1.83. The molecule has 0 aliphatic carbocycles. The normalized spacial score (nSPS) is 11.0. The molecule has 0 spiro atoms. The number of hydrogen-bond acceptors (Lipinski definition) is 6. The SMILES string of the molecule is COc1ccc(Cl)cc1CNC(=O)CSc1nc(C)nc2sc(C)c(C)c12. The van der Waals surface area contributed by atoms with Crippen molar-refractivity contribution >= 4 is 50.8 Å². The molecule has 2 aromatic heterocycles. The molecule has 0 radical (unpaired) electrons. The van der Waals surface area contributed by atoms with Gasteiger partial charge >= 0.3 is 0 Å². The lowest BCUT2D eigenvalue weighted by molar-refractivity contribution is -0.118. The average molecular weight is 422 g/mol. The third-order valence-corrected chi connectivity index (χ3v) is 6.48. The Morgan fingerprint density at radius 2 is 2.07 bits per heavy atom. The first-order valence-corrected chi connectivity index (χ1v) is 10.5. The maximum atomic E-state index is 12.3. The lowest BCUT2D eigenvalue weighted by Gasteiger charge is -2.10. The molecule has 2 heterocycles. The van der Waals surface area contributed by atoms with Crippen LogP contribution in [0.25, 0.3) is 10.2 Å². The number of thioether (sulfide) groups is 1. The minimum absolute atomic E-state index is 0.0731. The van der Waals surface area contributed by atoms with Gasteiger partial charge in [0.05, 0.1) is 12.9 Å². The van der Waals surface area contributed by atoms with Crippen molar-refractivity contribution in [3.63, 3.8) is 0 Å². The molecule has 1 amide bonds. The summed E-state index contributed by atoms with van der Waals surface area (Å²) >= 11 is 9.13. The van der Waals surface area contributed by atoms with Gasteiger partial charge in [-0.05, 0) is 44.5 Å². The number of aromatic nitrogens is 2. The van der Waals surface area contributed by atoms with Crippen LogP contribution >= 0.6 is 34.7 Å². The van der Waals surface area contributed by atoms with Gasteiger partial charge in [0.25, 0.3) is 0 Å². The fourth-order valence-corrected chi connectivity index (χ4v) is 4.98. The highest BCUT2D eigenvalue weighted by Crippen LogP contribution is 2.35. The van der Waals surface area contributed by atoms with Gasteiger partial charge in [-0.15, -0.1) is 11.3 Å². The van der Waals surface area contributed by atoms with Crippen molar-refractivity contribution in [2.24, 2.45) is 0 Å². The van der Waals surface area contributed by atoms with Crippen molar-refractivity contribution in [2.75, 3.05) is 12.9 Å². The van der Waals surface area contributed by atoms with E-state index < -0.39 is 0 Å². The van der Waals surface area contributed by atoms with Gasteiger partial charge in [-0.25, -0.2) is 9.97 Å². The third-order valence-electron chi connectivity index (χ3n) is 4.17. The zero-order valence-electron chi connectivity index (χ0n) is 15.6.